The summed E-state index contributed by atoms with van der Waals surface area (Å²) in [5.74, 6) is -0.119. The van der Waals surface area contributed by atoms with Crippen LogP contribution in [0.2, 0.25) is 0 Å². The second-order valence-electron chi connectivity index (χ2n) is 10.4. The van der Waals surface area contributed by atoms with Gasteiger partial charge in [0.05, 0.1) is 0 Å². The van der Waals surface area contributed by atoms with Crippen LogP contribution in [-0.2, 0) is 11.2 Å². The molecule has 4 nitrogen and oxygen atoms in total. The van der Waals surface area contributed by atoms with E-state index in [1.807, 2.05) is 0 Å². The molecule has 4 heteroatoms. The van der Waals surface area contributed by atoms with E-state index in [0.29, 0.717) is 19.4 Å². The lowest BCUT2D eigenvalue weighted by Gasteiger charge is -2.07. The molecule has 0 saturated carbocycles. The first kappa shape index (κ1) is 31.3. The summed E-state index contributed by atoms with van der Waals surface area (Å²) in [6.45, 7) is 2.84. The maximum Gasteiger partial charge on any atom is 0.220 e. The first-order chi connectivity index (χ1) is 17.1. The molecular weight excluding hydrogens is 434 g/mol. The molecule has 0 bridgehead atoms. The molecule has 0 heterocycles. The number of phenols is 2. The largest absolute Gasteiger partial charge is 0.504 e. The van der Waals surface area contributed by atoms with Gasteiger partial charge in [0.1, 0.15) is 0 Å². The van der Waals surface area contributed by atoms with Crippen molar-refractivity contribution in [2.45, 2.75) is 148 Å². The monoisotopic (exact) mass is 489 g/mol. The van der Waals surface area contributed by atoms with Gasteiger partial charge in [-0.1, -0.05) is 135 Å². The topological polar surface area (TPSA) is 69.6 Å². The summed E-state index contributed by atoms with van der Waals surface area (Å²) in [7, 11) is 0. The second-order valence-corrected chi connectivity index (χ2v) is 10.4. The Hall–Kier alpha value is -1.71. The summed E-state index contributed by atoms with van der Waals surface area (Å²) >= 11 is 0. The Kier molecular flexibility index (Phi) is 20.3. The molecule has 35 heavy (non-hydrogen) atoms. The number of amides is 1. The third-order valence-corrected chi connectivity index (χ3v) is 7.03. The van der Waals surface area contributed by atoms with Crippen molar-refractivity contribution in [2.24, 2.45) is 0 Å². The van der Waals surface area contributed by atoms with Crippen molar-refractivity contribution in [3.63, 3.8) is 0 Å². The first-order valence-electron chi connectivity index (χ1n) is 14.9. The lowest BCUT2D eigenvalue weighted by atomic mass is 10.0. The number of unbranched alkanes of at least 4 members (excludes halogenated alkanes) is 19. The lowest BCUT2D eigenvalue weighted by Crippen LogP contribution is -2.25. The number of hydrogen-bond donors (Lipinski definition) is 3. The molecule has 0 atom stereocenters. The van der Waals surface area contributed by atoms with E-state index in [0.717, 1.165) is 18.4 Å². The Labute approximate surface area is 216 Å². The van der Waals surface area contributed by atoms with Crippen molar-refractivity contribution in [2.75, 3.05) is 6.54 Å². The second kappa shape index (κ2) is 22.7. The number of hydrogen-bond acceptors (Lipinski definition) is 3. The van der Waals surface area contributed by atoms with Gasteiger partial charge in [-0.25, -0.2) is 0 Å². The average molecular weight is 490 g/mol. The molecule has 0 saturated heterocycles. The minimum absolute atomic E-state index is 0.107. The number of aromatic hydroxyl groups is 2. The predicted molar refractivity (Wildman–Crippen MR) is 149 cm³/mol. The zero-order chi connectivity index (χ0) is 25.4. The molecule has 1 aromatic carbocycles. The molecule has 1 amide bonds. The van der Waals surface area contributed by atoms with Crippen LogP contribution < -0.4 is 5.32 Å². The van der Waals surface area contributed by atoms with Crippen LogP contribution in [0.25, 0.3) is 0 Å². The SMILES string of the molecule is CCCCCCCCCCCCCCCCCCCCCCC(=O)NCCc1ccc(O)c(O)c1. The highest BCUT2D eigenvalue weighted by Gasteiger charge is 2.03. The molecule has 1 rings (SSSR count). The Bertz CT molecular complexity index is 632. The summed E-state index contributed by atoms with van der Waals surface area (Å²) < 4.78 is 0. The zero-order valence-corrected chi connectivity index (χ0v) is 22.8. The Morgan fingerprint density at radius 3 is 1.49 bits per heavy atom. The van der Waals surface area contributed by atoms with Crippen molar-refractivity contribution in [1.82, 2.24) is 5.32 Å². The van der Waals surface area contributed by atoms with Crippen LogP contribution in [0.3, 0.4) is 0 Å². The Balaban J connectivity index is 1.76. The molecule has 0 aliphatic carbocycles. The number of carbonyl (C=O) groups is 1. The predicted octanol–water partition coefficient (Wildman–Crippen LogP) is 8.97. The number of carbonyl (C=O) groups excluding carboxylic acids is 1. The summed E-state index contributed by atoms with van der Waals surface area (Å²) in [6, 6.07) is 4.78. The van der Waals surface area contributed by atoms with Gasteiger partial charge in [0.2, 0.25) is 5.91 Å². The number of nitrogens with one attached hydrogen (secondary N) is 1. The van der Waals surface area contributed by atoms with E-state index in [1.54, 1.807) is 12.1 Å². The molecular formula is C31H55NO3. The molecule has 0 radical (unpaired) electrons. The Morgan fingerprint density at radius 2 is 1.06 bits per heavy atom. The van der Waals surface area contributed by atoms with Gasteiger partial charge in [0.25, 0.3) is 0 Å². The Morgan fingerprint density at radius 1 is 0.629 bits per heavy atom. The van der Waals surface area contributed by atoms with E-state index in [4.69, 9.17) is 0 Å². The highest BCUT2D eigenvalue weighted by atomic mass is 16.3. The van der Waals surface area contributed by atoms with Crippen molar-refractivity contribution in [3.8, 4) is 11.5 Å². The zero-order valence-electron chi connectivity index (χ0n) is 22.8. The first-order valence-corrected chi connectivity index (χ1v) is 14.9. The standard InChI is InChI=1S/C31H55NO3/c1-2-3-4-5-6-7-8-9-10-11-12-13-14-15-16-17-18-19-20-21-22-31(35)32-26-25-28-23-24-29(33)30(34)27-28/h23-24,27,33-34H,2-22,25-26H2,1H3,(H,32,35). The average Bonchev–Trinajstić information content (AvgIpc) is 2.85. The fourth-order valence-electron chi connectivity index (χ4n) is 4.70. The molecule has 0 spiro atoms. The maximum absolute atomic E-state index is 11.9. The van der Waals surface area contributed by atoms with E-state index in [-0.39, 0.29) is 17.4 Å². The number of phenolic OH excluding ortho intramolecular Hbond substituents is 2. The smallest absolute Gasteiger partial charge is 0.220 e. The fourth-order valence-corrected chi connectivity index (χ4v) is 4.70. The summed E-state index contributed by atoms with van der Waals surface area (Å²) in [5, 5.41) is 21.8. The van der Waals surface area contributed by atoms with Crippen molar-refractivity contribution < 1.29 is 15.0 Å². The molecule has 1 aromatic rings. The van der Waals surface area contributed by atoms with Gasteiger partial charge >= 0.3 is 0 Å². The lowest BCUT2D eigenvalue weighted by molar-refractivity contribution is -0.121. The molecule has 0 aliphatic heterocycles. The van der Waals surface area contributed by atoms with Crippen molar-refractivity contribution in [3.05, 3.63) is 23.8 Å². The van der Waals surface area contributed by atoms with Crippen LogP contribution in [0.15, 0.2) is 18.2 Å². The maximum atomic E-state index is 11.9. The van der Waals surface area contributed by atoms with Gasteiger partial charge < -0.3 is 15.5 Å². The van der Waals surface area contributed by atoms with Crippen molar-refractivity contribution in [1.29, 1.82) is 0 Å². The molecule has 0 fully saturated rings. The molecule has 0 aliphatic rings. The van der Waals surface area contributed by atoms with E-state index in [2.05, 4.69) is 12.2 Å². The third kappa shape index (κ3) is 19.2. The van der Waals surface area contributed by atoms with Crippen LogP contribution in [0.5, 0.6) is 11.5 Å². The van der Waals surface area contributed by atoms with Gasteiger partial charge in [0.15, 0.2) is 11.5 Å². The minimum atomic E-state index is -0.114. The van der Waals surface area contributed by atoms with Crippen molar-refractivity contribution >= 4 is 5.91 Å². The van der Waals surface area contributed by atoms with Crippen LogP contribution >= 0.6 is 0 Å². The van der Waals surface area contributed by atoms with Crippen LogP contribution in [-0.4, -0.2) is 22.7 Å². The highest BCUT2D eigenvalue weighted by molar-refractivity contribution is 5.75. The van der Waals surface area contributed by atoms with Gasteiger partial charge in [0, 0.05) is 13.0 Å². The number of benzene rings is 1. The molecule has 202 valence electrons. The van der Waals surface area contributed by atoms with E-state index < -0.39 is 0 Å². The quantitative estimate of drug-likeness (QED) is 0.100. The fraction of sp³-hybridized carbons (Fsp3) is 0.774. The summed E-state index contributed by atoms with van der Waals surface area (Å²) in [5.41, 5.74) is 0.902. The molecule has 0 aromatic heterocycles. The summed E-state index contributed by atoms with van der Waals surface area (Å²) in [4.78, 5) is 11.9. The molecule has 0 unspecified atom stereocenters. The van der Waals surface area contributed by atoms with E-state index in [9.17, 15) is 15.0 Å². The van der Waals surface area contributed by atoms with Crippen LogP contribution in [0, 0.1) is 0 Å². The molecule has 3 N–H and O–H groups in total. The van der Waals surface area contributed by atoms with Crippen LogP contribution in [0.4, 0.5) is 0 Å². The van der Waals surface area contributed by atoms with E-state index >= 15 is 0 Å². The van der Waals surface area contributed by atoms with E-state index in [1.165, 1.54) is 122 Å². The van der Waals surface area contributed by atoms with Gasteiger partial charge in [-0.15, -0.1) is 0 Å². The highest BCUT2D eigenvalue weighted by Crippen LogP contribution is 2.24. The number of rotatable bonds is 24. The van der Waals surface area contributed by atoms with Gasteiger partial charge in [-0.3, -0.25) is 4.79 Å². The third-order valence-electron chi connectivity index (χ3n) is 7.03. The van der Waals surface area contributed by atoms with Crippen LogP contribution in [0.1, 0.15) is 147 Å². The normalized spacial score (nSPS) is 11.1. The van der Waals surface area contributed by atoms with Gasteiger partial charge in [-0.05, 0) is 30.5 Å². The summed E-state index contributed by atoms with van der Waals surface area (Å²) in [6.07, 6.45) is 28.5. The van der Waals surface area contributed by atoms with Gasteiger partial charge in [-0.2, -0.15) is 0 Å². The minimum Gasteiger partial charge on any atom is -0.504 e.